The Bertz CT molecular complexity index is 1020. The van der Waals surface area contributed by atoms with Gasteiger partial charge in [-0.05, 0) is 33.8 Å². The summed E-state index contributed by atoms with van der Waals surface area (Å²) >= 11 is 1.02. The van der Waals surface area contributed by atoms with Gasteiger partial charge in [0.2, 0.25) is 5.91 Å². The average Bonchev–Trinajstić information content (AvgIpc) is 3.21. The molecule has 0 bridgehead atoms. The lowest BCUT2D eigenvalue weighted by Gasteiger charge is -2.19. The molecule has 2 rings (SSSR count). The number of aryl methyl sites for hydroxylation is 2. The largest absolute Gasteiger partial charge is 0.464 e. The molecule has 2 heterocycles. The van der Waals surface area contributed by atoms with Gasteiger partial charge in [0.1, 0.15) is 16.2 Å². The highest BCUT2D eigenvalue weighted by Crippen LogP contribution is 2.24. The summed E-state index contributed by atoms with van der Waals surface area (Å²) in [5.74, 6) is -1.31. The lowest BCUT2D eigenvalue weighted by atomic mass is 10.2. The number of carbonyl (C=O) groups is 4. The summed E-state index contributed by atoms with van der Waals surface area (Å²) < 4.78 is 11.3. The van der Waals surface area contributed by atoms with E-state index in [0.717, 1.165) is 11.3 Å². The van der Waals surface area contributed by atoms with E-state index < -0.39 is 23.6 Å². The van der Waals surface area contributed by atoms with E-state index in [1.807, 2.05) is 0 Å². The van der Waals surface area contributed by atoms with Crippen LogP contribution in [0.3, 0.4) is 0 Å². The number of anilines is 2. The van der Waals surface area contributed by atoms with Gasteiger partial charge < -0.3 is 30.0 Å². The predicted octanol–water partition coefficient (Wildman–Crippen LogP) is 2.68. The number of carbonyl (C=O) groups excluding carboxylic acids is 4. The van der Waals surface area contributed by atoms with Crippen LogP contribution in [0.2, 0.25) is 0 Å². The molecule has 2 aromatic rings. The predicted molar refractivity (Wildman–Crippen MR) is 119 cm³/mol. The minimum Gasteiger partial charge on any atom is -0.464 e. The smallest absolute Gasteiger partial charge is 0.407 e. The maximum absolute atomic E-state index is 12.6. The van der Waals surface area contributed by atoms with Crippen molar-refractivity contribution in [3.05, 3.63) is 28.5 Å². The molecule has 11 nitrogen and oxygen atoms in total. The summed E-state index contributed by atoms with van der Waals surface area (Å²) in [6.07, 6.45) is 0.992. The number of alkyl carbamates (subject to hydrolysis) is 1. The molecule has 0 spiro atoms. The van der Waals surface area contributed by atoms with Crippen LogP contribution in [-0.2, 0) is 21.3 Å². The van der Waals surface area contributed by atoms with Crippen LogP contribution >= 0.6 is 11.3 Å². The van der Waals surface area contributed by atoms with Gasteiger partial charge in [-0.3, -0.25) is 9.59 Å². The molecule has 0 aliphatic heterocycles. The number of thiazole rings is 1. The van der Waals surface area contributed by atoms with E-state index in [2.05, 4.69) is 20.9 Å². The Morgan fingerprint density at radius 2 is 1.88 bits per heavy atom. The van der Waals surface area contributed by atoms with Gasteiger partial charge in [-0.2, -0.15) is 0 Å². The second-order valence-corrected chi connectivity index (χ2v) is 8.83. The van der Waals surface area contributed by atoms with Gasteiger partial charge in [0.25, 0.3) is 5.91 Å². The van der Waals surface area contributed by atoms with Gasteiger partial charge in [0.15, 0.2) is 5.13 Å². The van der Waals surface area contributed by atoms with E-state index >= 15 is 0 Å². The molecule has 3 N–H and O–H groups in total. The average molecular weight is 466 g/mol. The Kier molecular flexibility index (Phi) is 7.97. The number of aromatic nitrogens is 2. The minimum absolute atomic E-state index is 0.0136. The van der Waals surface area contributed by atoms with Crippen molar-refractivity contribution in [1.29, 1.82) is 0 Å². The summed E-state index contributed by atoms with van der Waals surface area (Å²) in [5, 5.41) is 8.07. The van der Waals surface area contributed by atoms with Crippen LogP contribution in [0, 0.1) is 6.92 Å². The molecule has 0 unspecified atom stereocenters. The third-order valence-corrected chi connectivity index (χ3v) is 5.00. The first-order valence-corrected chi connectivity index (χ1v) is 10.5. The number of hydrogen-bond donors (Lipinski definition) is 3. The number of rotatable bonds is 7. The van der Waals surface area contributed by atoms with Crippen molar-refractivity contribution in [3.63, 3.8) is 0 Å². The van der Waals surface area contributed by atoms with Crippen LogP contribution in [0.1, 0.15) is 53.0 Å². The van der Waals surface area contributed by atoms with Crippen LogP contribution in [0.15, 0.2) is 12.3 Å². The number of esters is 1. The van der Waals surface area contributed by atoms with E-state index in [4.69, 9.17) is 9.47 Å². The fourth-order valence-corrected chi connectivity index (χ4v) is 3.44. The topological polar surface area (TPSA) is 141 Å². The first kappa shape index (κ1) is 24.9. The van der Waals surface area contributed by atoms with E-state index in [1.54, 1.807) is 40.9 Å². The fraction of sp³-hybridized carbons (Fsp3) is 0.450. The summed E-state index contributed by atoms with van der Waals surface area (Å²) in [6.45, 7) is 6.97. The van der Waals surface area contributed by atoms with Crippen LogP contribution in [0.4, 0.5) is 15.6 Å². The van der Waals surface area contributed by atoms with E-state index in [-0.39, 0.29) is 29.7 Å². The number of amides is 3. The highest BCUT2D eigenvalue weighted by atomic mass is 32.1. The van der Waals surface area contributed by atoms with Gasteiger partial charge in [-0.15, -0.1) is 0 Å². The zero-order valence-electron chi connectivity index (χ0n) is 18.8. The molecule has 0 aliphatic rings. The van der Waals surface area contributed by atoms with Gasteiger partial charge in [-0.25, -0.2) is 14.6 Å². The maximum atomic E-state index is 12.6. The number of methoxy groups -OCH3 is 1. The lowest BCUT2D eigenvalue weighted by molar-refractivity contribution is -0.116. The normalized spacial score (nSPS) is 10.9. The maximum Gasteiger partial charge on any atom is 0.407 e. The van der Waals surface area contributed by atoms with Gasteiger partial charge in [0, 0.05) is 26.2 Å². The van der Waals surface area contributed by atoms with Crippen molar-refractivity contribution >= 4 is 46.0 Å². The molecular formula is C20H27N5O6S. The Morgan fingerprint density at radius 3 is 2.50 bits per heavy atom. The van der Waals surface area contributed by atoms with Crippen molar-refractivity contribution in [1.82, 2.24) is 14.9 Å². The van der Waals surface area contributed by atoms with E-state index in [1.165, 1.54) is 17.7 Å². The summed E-state index contributed by atoms with van der Waals surface area (Å²) in [4.78, 5) is 52.5. The van der Waals surface area contributed by atoms with E-state index in [0.29, 0.717) is 16.3 Å². The first-order chi connectivity index (χ1) is 14.9. The Morgan fingerprint density at radius 1 is 1.19 bits per heavy atom. The lowest BCUT2D eigenvalue weighted by Crippen LogP contribution is -2.34. The molecule has 32 heavy (non-hydrogen) atoms. The third kappa shape index (κ3) is 7.08. The van der Waals surface area contributed by atoms with Gasteiger partial charge in [0.05, 0.1) is 18.5 Å². The first-order valence-electron chi connectivity index (χ1n) is 9.69. The molecule has 0 saturated carbocycles. The SMILES string of the molecule is COC(=O)c1cc(NC(=O)c2sc(NC(=O)CCNC(=O)OC(C)(C)C)nc2C)cn1C. The summed E-state index contributed by atoms with van der Waals surface area (Å²) in [7, 11) is 2.93. The second-order valence-electron chi connectivity index (χ2n) is 7.83. The molecule has 0 radical (unpaired) electrons. The van der Waals surface area contributed by atoms with Crippen molar-refractivity contribution in [2.75, 3.05) is 24.3 Å². The number of hydrogen-bond acceptors (Lipinski definition) is 8. The van der Waals surface area contributed by atoms with Crippen molar-refractivity contribution < 1.29 is 28.7 Å². The number of ether oxygens (including phenoxy) is 2. The molecular weight excluding hydrogens is 438 g/mol. The third-order valence-electron chi connectivity index (χ3n) is 3.93. The quantitative estimate of drug-likeness (QED) is 0.534. The zero-order valence-corrected chi connectivity index (χ0v) is 19.6. The molecule has 0 fully saturated rings. The highest BCUT2D eigenvalue weighted by Gasteiger charge is 2.20. The van der Waals surface area contributed by atoms with Crippen LogP contribution < -0.4 is 16.0 Å². The fourth-order valence-electron chi connectivity index (χ4n) is 2.56. The Balaban J connectivity index is 1.92. The molecule has 0 aliphatic carbocycles. The number of nitrogens with one attached hydrogen (secondary N) is 3. The highest BCUT2D eigenvalue weighted by molar-refractivity contribution is 7.17. The minimum atomic E-state index is -0.623. The summed E-state index contributed by atoms with van der Waals surface area (Å²) in [5.41, 5.74) is 0.530. The van der Waals surface area contributed by atoms with E-state index in [9.17, 15) is 19.2 Å². The monoisotopic (exact) mass is 465 g/mol. The van der Waals surface area contributed by atoms with Gasteiger partial charge >= 0.3 is 12.1 Å². The van der Waals surface area contributed by atoms with Crippen LogP contribution in [0.5, 0.6) is 0 Å². The van der Waals surface area contributed by atoms with Crippen molar-refractivity contribution in [2.45, 2.75) is 39.7 Å². The standard InChI is InChI=1S/C20H27N5O6S/c1-11-15(16(27)23-12-9-13(17(28)30-6)25(5)10-12)32-18(22-11)24-14(26)7-8-21-19(29)31-20(2,3)4/h9-10H,7-8H2,1-6H3,(H,21,29)(H,23,27)(H,22,24,26). The van der Waals surface area contributed by atoms with Crippen molar-refractivity contribution in [3.8, 4) is 0 Å². The summed E-state index contributed by atoms with van der Waals surface area (Å²) in [6, 6.07) is 1.50. The van der Waals surface area contributed by atoms with Crippen LogP contribution in [0.25, 0.3) is 0 Å². The van der Waals surface area contributed by atoms with Crippen molar-refractivity contribution in [2.24, 2.45) is 7.05 Å². The van der Waals surface area contributed by atoms with Crippen LogP contribution in [-0.4, -0.2) is 52.7 Å². The Hall–Kier alpha value is -3.41. The molecule has 12 heteroatoms. The zero-order chi connectivity index (χ0) is 24.1. The molecule has 0 atom stereocenters. The number of nitrogens with zero attached hydrogens (tertiary/aromatic N) is 2. The molecule has 0 aromatic carbocycles. The molecule has 3 amide bonds. The Labute approximate surface area is 189 Å². The van der Waals surface area contributed by atoms with Gasteiger partial charge in [-0.1, -0.05) is 11.3 Å². The molecule has 2 aromatic heterocycles. The molecule has 174 valence electrons. The second kappa shape index (κ2) is 10.3. The molecule has 0 saturated heterocycles.